The number of aliphatic carboxylic acids is 2. The zero-order valence-electron chi connectivity index (χ0n) is 25.3. The van der Waals surface area contributed by atoms with Crippen molar-refractivity contribution in [2.45, 2.75) is 103 Å². The smallest absolute Gasteiger partial charge is 0.307 e. The quantitative estimate of drug-likeness (QED) is 0.105. The van der Waals surface area contributed by atoms with Crippen LogP contribution in [-0.4, -0.2) is 93.6 Å². The minimum Gasteiger partial charge on any atom is -0.481 e. The molecule has 5 amide bonds. The topological polar surface area (TPSA) is 228 Å². The number of rotatable bonds is 15. The van der Waals surface area contributed by atoms with Gasteiger partial charge < -0.3 is 41.2 Å². The van der Waals surface area contributed by atoms with Crippen LogP contribution in [-0.2, 0) is 38.4 Å². The largest absolute Gasteiger partial charge is 0.481 e. The van der Waals surface area contributed by atoms with Gasteiger partial charge in [-0.05, 0) is 31.3 Å². The van der Waals surface area contributed by atoms with Crippen LogP contribution in [0.5, 0.6) is 0 Å². The van der Waals surface area contributed by atoms with Gasteiger partial charge in [-0.2, -0.15) is 0 Å². The maximum atomic E-state index is 13.9. The van der Waals surface area contributed by atoms with E-state index in [4.69, 9.17) is 5.11 Å². The van der Waals surface area contributed by atoms with Crippen LogP contribution in [0, 0.1) is 11.8 Å². The molecule has 244 valence electrons. The number of carbonyl (C=O) groups is 8. The lowest BCUT2D eigenvalue weighted by Crippen LogP contribution is -2.53. The van der Waals surface area contributed by atoms with Crippen LogP contribution in [0.4, 0.5) is 0 Å². The van der Waals surface area contributed by atoms with Crippen LogP contribution >= 0.6 is 0 Å². The lowest BCUT2D eigenvalue weighted by Gasteiger charge is -2.28. The summed E-state index contributed by atoms with van der Waals surface area (Å²) in [4.78, 5) is 100. The van der Waals surface area contributed by atoms with Crippen molar-refractivity contribution in [2.24, 2.45) is 11.8 Å². The average molecular weight is 622 g/mol. The summed E-state index contributed by atoms with van der Waals surface area (Å²) in [6, 6.07) is -4.42. The number of hydrogen-bond acceptors (Lipinski definition) is 8. The molecule has 1 aliphatic carbocycles. The Morgan fingerprint density at radius 3 is 2.16 bits per heavy atom. The van der Waals surface area contributed by atoms with Crippen LogP contribution in [0.15, 0.2) is 11.8 Å². The average Bonchev–Trinajstić information content (AvgIpc) is 3.40. The number of carboxylic acid groups (broad SMARTS) is 2. The van der Waals surface area contributed by atoms with E-state index in [1.165, 1.54) is 6.92 Å². The fourth-order valence-corrected chi connectivity index (χ4v) is 5.36. The summed E-state index contributed by atoms with van der Waals surface area (Å²) in [5.41, 5.74) is -0.453. The lowest BCUT2D eigenvalue weighted by atomic mass is 9.88. The molecule has 0 aromatic heterocycles. The second-order valence-corrected chi connectivity index (χ2v) is 11.4. The van der Waals surface area contributed by atoms with Gasteiger partial charge in [0.15, 0.2) is 0 Å². The molecule has 0 bridgehead atoms. The maximum absolute atomic E-state index is 13.9. The van der Waals surface area contributed by atoms with Crippen molar-refractivity contribution in [3.63, 3.8) is 0 Å². The Labute approximate surface area is 255 Å². The first-order valence-electron chi connectivity index (χ1n) is 14.9. The molecule has 0 unspecified atom stereocenters. The van der Waals surface area contributed by atoms with Gasteiger partial charge in [-0.3, -0.25) is 33.6 Å². The number of nitrogens with one attached hydrogen (secondary N) is 4. The van der Waals surface area contributed by atoms with Gasteiger partial charge in [0.05, 0.1) is 18.9 Å². The number of amides is 5. The number of nitrogens with zero attached hydrogens (tertiary/aromatic N) is 1. The van der Waals surface area contributed by atoms with Crippen molar-refractivity contribution in [2.75, 3.05) is 6.54 Å². The monoisotopic (exact) mass is 621 g/mol. The second-order valence-electron chi connectivity index (χ2n) is 11.4. The van der Waals surface area contributed by atoms with Gasteiger partial charge in [-0.1, -0.05) is 39.5 Å². The third kappa shape index (κ3) is 10.8. The van der Waals surface area contributed by atoms with Gasteiger partial charge in [0, 0.05) is 25.4 Å². The highest BCUT2D eigenvalue weighted by molar-refractivity contribution is 6.02. The van der Waals surface area contributed by atoms with Crippen LogP contribution in [0.1, 0.15) is 78.6 Å². The highest BCUT2D eigenvalue weighted by atomic mass is 16.4. The normalized spacial score (nSPS) is 20.9. The van der Waals surface area contributed by atoms with E-state index in [-0.39, 0.29) is 37.0 Å². The summed E-state index contributed by atoms with van der Waals surface area (Å²) >= 11 is 0. The fourth-order valence-electron chi connectivity index (χ4n) is 5.36. The van der Waals surface area contributed by atoms with Crippen LogP contribution < -0.4 is 21.3 Å². The molecule has 1 aliphatic heterocycles. The summed E-state index contributed by atoms with van der Waals surface area (Å²) in [5, 5.41) is 28.5. The third-order valence-corrected chi connectivity index (χ3v) is 7.90. The van der Waals surface area contributed by atoms with Crippen molar-refractivity contribution in [3.05, 3.63) is 11.8 Å². The molecule has 44 heavy (non-hydrogen) atoms. The molecule has 1 heterocycles. The van der Waals surface area contributed by atoms with Crippen molar-refractivity contribution in [1.29, 1.82) is 0 Å². The van der Waals surface area contributed by atoms with E-state index < -0.39 is 78.3 Å². The molecule has 1 saturated heterocycles. The van der Waals surface area contributed by atoms with Crippen molar-refractivity contribution in [3.8, 4) is 0 Å². The van der Waals surface area contributed by atoms with Crippen LogP contribution in [0.25, 0.3) is 0 Å². The Morgan fingerprint density at radius 1 is 0.955 bits per heavy atom. The van der Waals surface area contributed by atoms with Gasteiger partial charge >= 0.3 is 11.9 Å². The predicted molar refractivity (Wildman–Crippen MR) is 154 cm³/mol. The number of likely N-dealkylation sites (tertiary alicyclic amines) is 1. The molecule has 2 fully saturated rings. The molecule has 2 rings (SSSR count). The first kappa shape index (κ1) is 35.9. The van der Waals surface area contributed by atoms with Crippen molar-refractivity contribution in [1.82, 2.24) is 26.2 Å². The van der Waals surface area contributed by atoms with E-state index in [1.54, 1.807) is 13.8 Å². The summed E-state index contributed by atoms with van der Waals surface area (Å²) in [6.07, 6.45) is 4.56. The number of carbonyl (C=O) groups excluding carboxylic acids is 6. The lowest BCUT2D eigenvalue weighted by molar-refractivity contribution is -0.140. The van der Waals surface area contributed by atoms with Crippen molar-refractivity contribution < 1.29 is 48.6 Å². The zero-order chi connectivity index (χ0) is 33.0. The molecular formula is C29H43N5O10. The Bertz CT molecular complexity index is 1150. The fraction of sp³-hybridized carbons (Fsp3) is 0.655. The van der Waals surface area contributed by atoms with Crippen LogP contribution in [0.2, 0.25) is 0 Å². The molecule has 0 spiro atoms. The Morgan fingerprint density at radius 2 is 1.61 bits per heavy atom. The number of hydrogen-bond donors (Lipinski definition) is 6. The van der Waals surface area contributed by atoms with E-state index >= 15 is 0 Å². The molecule has 5 atom stereocenters. The summed E-state index contributed by atoms with van der Waals surface area (Å²) in [6.45, 7) is 4.55. The third-order valence-electron chi connectivity index (χ3n) is 7.90. The van der Waals surface area contributed by atoms with E-state index in [9.17, 15) is 43.5 Å². The van der Waals surface area contributed by atoms with E-state index in [2.05, 4.69) is 21.3 Å². The van der Waals surface area contributed by atoms with E-state index in [1.807, 2.05) is 0 Å². The van der Waals surface area contributed by atoms with Gasteiger partial charge in [0.1, 0.15) is 24.1 Å². The first-order chi connectivity index (χ1) is 20.8. The summed E-state index contributed by atoms with van der Waals surface area (Å²) < 4.78 is 0. The van der Waals surface area contributed by atoms with E-state index in [0.29, 0.717) is 19.3 Å². The molecular weight excluding hydrogens is 578 g/mol. The highest BCUT2D eigenvalue weighted by Gasteiger charge is 2.43. The Kier molecular flexibility index (Phi) is 14.0. The molecule has 0 aromatic rings. The Hall–Kier alpha value is -4.30. The Balaban J connectivity index is 2.39. The maximum Gasteiger partial charge on any atom is 0.307 e. The molecule has 6 N–H and O–H groups in total. The molecule has 2 aliphatic rings. The molecule has 1 saturated carbocycles. The van der Waals surface area contributed by atoms with E-state index in [0.717, 1.165) is 30.2 Å². The van der Waals surface area contributed by atoms with Gasteiger partial charge in [-0.15, -0.1) is 0 Å². The number of carboxylic acids is 2. The minimum absolute atomic E-state index is 0.0732. The van der Waals surface area contributed by atoms with Gasteiger partial charge in [0.2, 0.25) is 23.6 Å². The minimum atomic E-state index is -1.39. The van der Waals surface area contributed by atoms with Crippen LogP contribution in [0.3, 0.4) is 0 Å². The SMILES string of the molecule is CC[C@H](C)[C@H](NC(C)=O)C(=O)N/C(=C/CC(=O)O)C(=O)N1C[C@H](NC(=O)C2CCCCC2)C[C@H]1C(=O)N[C@H](C=O)CC(=O)O. The highest BCUT2D eigenvalue weighted by Crippen LogP contribution is 2.26. The standard InChI is InChI=1S/C29H43N5O10/c1-4-16(2)25(30-17(3)36)28(43)33-21(10-11-23(37)38)29(44)34-14-19(31-26(41)18-8-6-5-7-9-18)12-22(34)27(42)32-20(15-35)13-24(39)40/h10,15-16,18-20,22,25H,4-9,11-14H2,1-3H3,(H,30,36)(H,31,41)(H,32,42)(H,33,43)(H,37,38)(H,39,40)/b21-10+/t16-,19+,20-,22-,25-/m0/s1. The molecule has 0 aromatic carbocycles. The van der Waals surface area contributed by atoms with Crippen molar-refractivity contribution >= 4 is 47.8 Å². The van der Waals surface area contributed by atoms with Gasteiger partial charge in [0.25, 0.3) is 5.91 Å². The molecule has 15 heteroatoms. The zero-order valence-corrected chi connectivity index (χ0v) is 25.3. The second kappa shape index (κ2) is 17.1. The molecule has 0 radical (unpaired) electrons. The number of aldehydes is 1. The first-order valence-corrected chi connectivity index (χ1v) is 14.9. The summed E-state index contributed by atoms with van der Waals surface area (Å²) in [5.74, 6) is -6.48. The van der Waals surface area contributed by atoms with Gasteiger partial charge in [-0.25, -0.2) is 0 Å². The summed E-state index contributed by atoms with van der Waals surface area (Å²) in [7, 11) is 0. The molecule has 15 nitrogen and oxygen atoms in total. The predicted octanol–water partition coefficient (Wildman–Crippen LogP) is -0.164.